The average molecular weight is 264 g/mol. The number of para-hydroxylation sites is 2. The lowest BCUT2D eigenvalue weighted by molar-refractivity contribution is -0.131. The molecule has 0 unspecified atom stereocenters. The molecular weight excluding hydrogens is 252 g/mol. The number of carboxylic acid groups (broad SMARTS) is 1. The van der Waals surface area contributed by atoms with Crippen LogP contribution in [0.15, 0.2) is 54.6 Å². The number of H-pyrrole nitrogens is 1. The molecule has 0 spiro atoms. The van der Waals surface area contributed by atoms with Gasteiger partial charge in [0.1, 0.15) is 5.82 Å². The lowest BCUT2D eigenvalue weighted by atomic mass is 10.1. The maximum Gasteiger partial charge on any atom is 0.328 e. The van der Waals surface area contributed by atoms with E-state index in [1.54, 1.807) is 6.08 Å². The van der Waals surface area contributed by atoms with E-state index in [-0.39, 0.29) is 0 Å². The number of rotatable bonds is 3. The number of imidazole rings is 1. The van der Waals surface area contributed by atoms with Crippen molar-refractivity contribution >= 4 is 23.1 Å². The first kappa shape index (κ1) is 12.2. The van der Waals surface area contributed by atoms with Crippen LogP contribution in [-0.2, 0) is 4.79 Å². The highest BCUT2D eigenvalue weighted by atomic mass is 16.4. The summed E-state index contributed by atoms with van der Waals surface area (Å²) in [6, 6.07) is 15.4. The molecule has 0 radical (unpaired) electrons. The van der Waals surface area contributed by atoms with Crippen LogP contribution < -0.4 is 0 Å². The van der Waals surface area contributed by atoms with Crippen LogP contribution in [0.3, 0.4) is 0 Å². The van der Waals surface area contributed by atoms with E-state index in [9.17, 15) is 4.79 Å². The SMILES string of the molecule is O=C(O)C=Cc1ccc(-c2nc3ccccc3[nH]2)cc1. The normalized spacial score (nSPS) is 11.2. The summed E-state index contributed by atoms with van der Waals surface area (Å²) in [6.45, 7) is 0. The molecule has 0 aliphatic carbocycles. The molecule has 0 saturated carbocycles. The van der Waals surface area contributed by atoms with Gasteiger partial charge in [0.15, 0.2) is 0 Å². The van der Waals surface area contributed by atoms with Gasteiger partial charge < -0.3 is 10.1 Å². The number of fused-ring (bicyclic) bond motifs is 1. The Morgan fingerprint density at radius 1 is 1.10 bits per heavy atom. The van der Waals surface area contributed by atoms with E-state index >= 15 is 0 Å². The lowest BCUT2D eigenvalue weighted by Gasteiger charge is -1.97. The average Bonchev–Trinajstić information content (AvgIpc) is 2.89. The Kier molecular flexibility index (Phi) is 3.05. The van der Waals surface area contributed by atoms with Crippen molar-refractivity contribution in [2.45, 2.75) is 0 Å². The van der Waals surface area contributed by atoms with Crippen molar-refractivity contribution in [2.24, 2.45) is 0 Å². The van der Waals surface area contributed by atoms with E-state index in [4.69, 9.17) is 5.11 Å². The molecule has 0 aliphatic rings. The molecular formula is C16H12N2O2. The van der Waals surface area contributed by atoms with Crippen molar-refractivity contribution < 1.29 is 9.90 Å². The second-order valence-electron chi connectivity index (χ2n) is 4.40. The number of nitrogens with zero attached hydrogens (tertiary/aromatic N) is 1. The first-order chi connectivity index (χ1) is 9.72. The molecule has 0 aliphatic heterocycles. The minimum absolute atomic E-state index is 0.806. The molecule has 1 heterocycles. The van der Waals surface area contributed by atoms with E-state index in [0.29, 0.717) is 0 Å². The number of aromatic nitrogens is 2. The molecule has 20 heavy (non-hydrogen) atoms. The van der Waals surface area contributed by atoms with Crippen LogP contribution in [0.5, 0.6) is 0 Å². The number of benzene rings is 2. The van der Waals surface area contributed by atoms with E-state index in [2.05, 4.69) is 9.97 Å². The highest BCUT2D eigenvalue weighted by Gasteiger charge is 2.04. The highest BCUT2D eigenvalue weighted by molar-refractivity contribution is 5.85. The predicted molar refractivity (Wildman–Crippen MR) is 78.2 cm³/mol. The zero-order chi connectivity index (χ0) is 13.9. The van der Waals surface area contributed by atoms with Crippen LogP contribution >= 0.6 is 0 Å². The van der Waals surface area contributed by atoms with Crippen LogP contribution in [0.1, 0.15) is 5.56 Å². The van der Waals surface area contributed by atoms with Gasteiger partial charge in [0.2, 0.25) is 0 Å². The number of nitrogens with one attached hydrogen (secondary N) is 1. The molecule has 0 amide bonds. The Balaban J connectivity index is 1.92. The number of hydrogen-bond acceptors (Lipinski definition) is 2. The summed E-state index contributed by atoms with van der Waals surface area (Å²) in [4.78, 5) is 18.2. The Morgan fingerprint density at radius 2 is 1.85 bits per heavy atom. The first-order valence-electron chi connectivity index (χ1n) is 6.18. The molecule has 0 saturated heterocycles. The first-order valence-corrected chi connectivity index (χ1v) is 6.18. The van der Waals surface area contributed by atoms with Crippen LogP contribution in [0.2, 0.25) is 0 Å². The van der Waals surface area contributed by atoms with Crippen molar-refractivity contribution in [3.63, 3.8) is 0 Å². The highest BCUT2D eigenvalue weighted by Crippen LogP contribution is 2.20. The van der Waals surface area contributed by atoms with Crippen molar-refractivity contribution in [1.29, 1.82) is 0 Å². The predicted octanol–water partition coefficient (Wildman–Crippen LogP) is 3.33. The Bertz CT molecular complexity index is 753. The Morgan fingerprint density at radius 3 is 2.55 bits per heavy atom. The molecule has 4 heteroatoms. The molecule has 0 atom stereocenters. The van der Waals surface area contributed by atoms with E-state index < -0.39 is 5.97 Å². The van der Waals surface area contributed by atoms with Crippen molar-refractivity contribution in [3.8, 4) is 11.4 Å². The molecule has 0 fully saturated rings. The Labute approximate surface area is 115 Å². The monoisotopic (exact) mass is 264 g/mol. The quantitative estimate of drug-likeness (QED) is 0.713. The third-order valence-corrected chi connectivity index (χ3v) is 2.99. The molecule has 1 aromatic heterocycles. The third-order valence-electron chi connectivity index (χ3n) is 2.99. The summed E-state index contributed by atoms with van der Waals surface area (Å²) in [5, 5.41) is 8.59. The molecule has 3 aromatic rings. The van der Waals surface area contributed by atoms with Gasteiger partial charge in [-0.1, -0.05) is 36.4 Å². The largest absolute Gasteiger partial charge is 0.478 e. The summed E-state index contributed by atoms with van der Waals surface area (Å²) in [5.74, 6) is -0.147. The topological polar surface area (TPSA) is 66.0 Å². The van der Waals surface area contributed by atoms with Crippen LogP contribution in [0.4, 0.5) is 0 Å². The maximum atomic E-state index is 10.5. The van der Waals surface area contributed by atoms with Gasteiger partial charge in [-0.25, -0.2) is 9.78 Å². The van der Waals surface area contributed by atoms with Gasteiger partial charge in [0, 0.05) is 11.6 Å². The number of carboxylic acids is 1. The molecule has 2 aromatic carbocycles. The second-order valence-corrected chi connectivity index (χ2v) is 4.40. The van der Waals surface area contributed by atoms with E-state index in [1.807, 2.05) is 48.5 Å². The van der Waals surface area contributed by atoms with Crippen LogP contribution in [-0.4, -0.2) is 21.0 Å². The smallest absolute Gasteiger partial charge is 0.328 e. The number of carbonyl (C=O) groups is 1. The van der Waals surface area contributed by atoms with Crippen LogP contribution in [0.25, 0.3) is 28.5 Å². The standard InChI is InChI=1S/C16H12N2O2/c19-15(20)10-7-11-5-8-12(9-6-11)16-17-13-3-1-2-4-14(13)18-16/h1-10H,(H,17,18)(H,19,20). The number of aromatic amines is 1. The fraction of sp³-hybridized carbons (Fsp3) is 0. The number of aliphatic carboxylic acids is 1. The van der Waals surface area contributed by atoms with Crippen molar-refractivity contribution in [1.82, 2.24) is 9.97 Å². The maximum absolute atomic E-state index is 10.5. The summed E-state index contributed by atoms with van der Waals surface area (Å²) >= 11 is 0. The van der Waals surface area contributed by atoms with Crippen LogP contribution in [0, 0.1) is 0 Å². The summed E-state index contributed by atoms with van der Waals surface area (Å²) in [6.07, 6.45) is 2.68. The zero-order valence-corrected chi connectivity index (χ0v) is 10.6. The van der Waals surface area contributed by atoms with E-state index in [0.717, 1.165) is 34.1 Å². The van der Waals surface area contributed by atoms with E-state index in [1.165, 1.54) is 0 Å². The summed E-state index contributed by atoms with van der Waals surface area (Å²) in [5.41, 5.74) is 3.73. The van der Waals surface area contributed by atoms with Gasteiger partial charge in [-0.2, -0.15) is 0 Å². The number of hydrogen-bond donors (Lipinski definition) is 2. The fourth-order valence-corrected chi connectivity index (χ4v) is 2.01. The third kappa shape index (κ3) is 2.44. The molecule has 98 valence electrons. The molecule has 0 bridgehead atoms. The van der Waals surface area contributed by atoms with Gasteiger partial charge >= 0.3 is 5.97 Å². The second kappa shape index (κ2) is 5.01. The molecule has 3 rings (SSSR count). The van der Waals surface area contributed by atoms with Gasteiger partial charge in [-0.05, 0) is 23.8 Å². The molecule has 4 nitrogen and oxygen atoms in total. The fourth-order valence-electron chi connectivity index (χ4n) is 2.01. The van der Waals surface area contributed by atoms with Crippen molar-refractivity contribution in [3.05, 3.63) is 60.2 Å². The zero-order valence-electron chi connectivity index (χ0n) is 10.6. The minimum atomic E-state index is -0.952. The summed E-state index contributed by atoms with van der Waals surface area (Å²) < 4.78 is 0. The van der Waals surface area contributed by atoms with Gasteiger partial charge in [0.05, 0.1) is 11.0 Å². The summed E-state index contributed by atoms with van der Waals surface area (Å²) in [7, 11) is 0. The van der Waals surface area contributed by atoms with Crippen molar-refractivity contribution in [2.75, 3.05) is 0 Å². The van der Waals surface area contributed by atoms with Gasteiger partial charge in [-0.3, -0.25) is 0 Å². The van der Waals surface area contributed by atoms with Gasteiger partial charge in [0.25, 0.3) is 0 Å². The lowest BCUT2D eigenvalue weighted by Crippen LogP contribution is -1.86. The van der Waals surface area contributed by atoms with Gasteiger partial charge in [-0.15, -0.1) is 0 Å². The Hall–Kier alpha value is -2.88. The minimum Gasteiger partial charge on any atom is -0.478 e. The molecule has 2 N–H and O–H groups in total.